The molecule has 4 nitrogen and oxygen atoms in total. The van der Waals surface area contributed by atoms with Crippen LogP contribution in [0.2, 0.25) is 0 Å². The van der Waals surface area contributed by atoms with Gasteiger partial charge in [0.15, 0.2) is 11.5 Å². The normalized spacial score (nSPS) is 20.0. The van der Waals surface area contributed by atoms with Gasteiger partial charge in [-0.05, 0) is 53.6 Å². The number of rotatable bonds is 5. The quantitative estimate of drug-likeness (QED) is 0.568. The zero-order chi connectivity index (χ0) is 20.9. The van der Waals surface area contributed by atoms with Gasteiger partial charge in [-0.2, -0.15) is 0 Å². The monoisotopic (exact) mass is 411 g/mol. The van der Waals surface area contributed by atoms with E-state index < -0.39 is 0 Å². The lowest BCUT2D eigenvalue weighted by Crippen LogP contribution is -2.29. The summed E-state index contributed by atoms with van der Waals surface area (Å²) in [6, 6.07) is 22.5. The highest BCUT2D eigenvalue weighted by Gasteiger charge is 2.45. The summed E-state index contributed by atoms with van der Waals surface area (Å²) in [5.41, 5.74) is 5.55. The Morgan fingerprint density at radius 2 is 1.58 bits per heavy atom. The van der Waals surface area contributed by atoms with E-state index in [0.717, 1.165) is 29.7 Å². The van der Waals surface area contributed by atoms with E-state index in [1.165, 1.54) is 24.0 Å². The van der Waals surface area contributed by atoms with E-state index in [1.807, 2.05) is 41.3 Å². The molecule has 0 spiro atoms. The average Bonchev–Trinajstić information content (AvgIpc) is 3.48. The first-order chi connectivity index (χ1) is 15.2. The van der Waals surface area contributed by atoms with Crippen molar-refractivity contribution in [3.63, 3.8) is 0 Å². The van der Waals surface area contributed by atoms with Gasteiger partial charge in [0.1, 0.15) is 6.10 Å². The molecule has 1 unspecified atom stereocenters. The van der Waals surface area contributed by atoms with Crippen LogP contribution in [0.25, 0.3) is 0 Å². The van der Waals surface area contributed by atoms with Crippen molar-refractivity contribution in [2.24, 2.45) is 5.92 Å². The number of hydrogen-bond donors (Lipinski definition) is 0. The summed E-state index contributed by atoms with van der Waals surface area (Å²) < 4.78 is 12.0. The van der Waals surface area contributed by atoms with Gasteiger partial charge < -0.3 is 14.4 Å². The molecule has 156 valence electrons. The smallest absolute Gasteiger partial charge is 0.259 e. The topological polar surface area (TPSA) is 38.8 Å². The van der Waals surface area contributed by atoms with Crippen molar-refractivity contribution in [3.05, 3.63) is 89.0 Å². The van der Waals surface area contributed by atoms with E-state index in [9.17, 15) is 4.79 Å². The Hall–Kier alpha value is -3.27. The molecule has 2 aliphatic carbocycles. The van der Waals surface area contributed by atoms with Crippen LogP contribution >= 0.6 is 0 Å². The summed E-state index contributed by atoms with van der Waals surface area (Å²) in [6.07, 6.45) is 4.20. The SMILES string of the molecule is COc1ccc(N2C(=O)c3ccccc3C2C2CC2)cc1OC1Cc2ccccc2C1. The molecule has 4 heteroatoms. The Labute approximate surface area is 182 Å². The number of hydrogen-bond acceptors (Lipinski definition) is 3. The van der Waals surface area contributed by atoms with Crippen LogP contribution in [-0.4, -0.2) is 19.1 Å². The van der Waals surface area contributed by atoms with E-state index in [1.54, 1.807) is 7.11 Å². The zero-order valence-electron chi connectivity index (χ0n) is 17.6. The van der Waals surface area contributed by atoms with Crippen molar-refractivity contribution < 1.29 is 14.3 Å². The average molecular weight is 412 g/mol. The largest absolute Gasteiger partial charge is 0.493 e. The van der Waals surface area contributed by atoms with Crippen molar-refractivity contribution in [2.75, 3.05) is 12.0 Å². The maximum Gasteiger partial charge on any atom is 0.259 e. The van der Waals surface area contributed by atoms with Gasteiger partial charge in [-0.15, -0.1) is 0 Å². The molecule has 1 heterocycles. The van der Waals surface area contributed by atoms with Gasteiger partial charge in [0.2, 0.25) is 0 Å². The Balaban J connectivity index is 1.33. The predicted octanol–water partition coefficient (Wildman–Crippen LogP) is 5.35. The first-order valence-electron chi connectivity index (χ1n) is 11.1. The van der Waals surface area contributed by atoms with E-state index in [2.05, 4.69) is 30.3 Å². The Morgan fingerprint density at radius 3 is 2.29 bits per heavy atom. The summed E-state index contributed by atoms with van der Waals surface area (Å²) in [6.45, 7) is 0. The van der Waals surface area contributed by atoms with Crippen LogP contribution in [0.4, 0.5) is 5.69 Å². The van der Waals surface area contributed by atoms with E-state index in [0.29, 0.717) is 17.4 Å². The maximum atomic E-state index is 13.4. The highest BCUT2D eigenvalue weighted by Crippen LogP contribution is 2.51. The highest BCUT2D eigenvalue weighted by molar-refractivity contribution is 6.11. The Bertz CT molecular complexity index is 1140. The first kappa shape index (κ1) is 18.5. The molecule has 0 N–H and O–H groups in total. The number of amides is 1. The highest BCUT2D eigenvalue weighted by atomic mass is 16.5. The molecule has 0 radical (unpaired) electrons. The molecule has 1 amide bonds. The molecule has 1 aliphatic heterocycles. The molecule has 3 aliphatic rings. The molecule has 1 atom stereocenters. The molecule has 0 bridgehead atoms. The van der Waals surface area contributed by atoms with Crippen molar-refractivity contribution >= 4 is 11.6 Å². The zero-order valence-corrected chi connectivity index (χ0v) is 17.6. The fourth-order valence-electron chi connectivity index (χ4n) is 5.19. The van der Waals surface area contributed by atoms with Gasteiger partial charge in [0, 0.05) is 30.2 Å². The van der Waals surface area contributed by atoms with Gasteiger partial charge in [-0.3, -0.25) is 4.79 Å². The van der Waals surface area contributed by atoms with Crippen molar-refractivity contribution in [2.45, 2.75) is 37.8 Å². The van der Waals surface area contributed by atoms with Crippen LogP contribution in [0.5, 0.6) is 11.5 Å². The summed E-state index contributed by atoms with van der Waals surface area (Å²) in [5.74, 6) is 2.02. The number of ether oxygens (including phenoxy) is 2. The van der Waals surface area contributed by atoms with Gasteiger partial charge in [-0.1, -0.05) is 42.5 Å². The van der Waals surface area contributed by atoms with Crippen LogP contribution in [0.3, 0.4) is 0 Å². The second kappa shape index (κ2) is 7.16. The second-order valence-corrected chi connectivity index (χ2v) is 8.80. The number of fused-ring (bicyclic) bond motifs is 2. The minimum absolute atomic E-state index is 0.0762. The summed E-state index contributed by atoms with van der Waals surface area (Å²) >= 11 is 0. The molecule has 3 aromatic carbocycles. The summed E-state index contributed by atoms with van der Waals surface area (Å²) in [5, 5.41) is 0. The minimum Gasteiger partial charge on any atom is -0.493 e. The molecule has 0 saturated heterocycles. The predicted molar refractivity (Wildman–Crippen MR) is 120 cm³/mol. The molecule has 6 rings (SSSR count). The van der Waals surface area contributed by atoms with E-state index >= 15 is 0 Å². The summed E-state index contributed by atoms with van der Waals surface area (Å²) in [4.78, 5) is 15.3. The number of carbonyl (C=O) groups excluding carboxylic acids is 1. The van der Waals surface area contributed by atoms with Crippen LogP contribution < -0.4 is 14.4 Å². The molecular formula is C27H25NO3. The third-order valence-corrected chi connectivity index (χ3v) is 6.81. The van der Waals surface area contributed by atoms with Crippen molar-refractivity contribution in [1.29, 1.82) is 0 Å². The lowest BCUT2D eigenvalue weighted by Gasteiger charge is -2.27. The van der Waals surface area contributed by atoms with Gasteiger partial charge >= 0.3 is 0 Å². The Kier molecular flexibility index (Phi) is 4.27. The fourth-order valence-corrected chi connectivity index (χ4v) is 5.19. The molecule has 0 aromatic heterocycles. The minimum atomic E-state index is 0.0762. The molecule has 31 heavy (non-hydrogen) atoms. The number of anilines is 1. The van der Waals surface area contributed by atoms with E-state index in [4.69, 9.17) is 9.47 Å². The number of methoxy groups -OCH3 is 1. The van der Waals surface area contributed by atoms with Gasteiger partial charge in [0.05, 0.1) is 13.2 Å². The number of benzene rings is 3. The number of nitrogens with zero attached hydrogens (tertiary/aromatic N) is 1. The van der Waals surface area contributed by atoms with Crippen LogP contribution in [0.1, 0.15) is 45.9 Å². The molecular weight excluding hydrogens is 386 g/mol. The van der Waals surface area contributed by atoms with Gasteiger partial charge in [-0.25, -0.2) is 0 Å². The standard InChI is InChI=1S/C27H25NO3/c1-30-24-13-12-20(16-25(24)31-21-14-18-6-2-3-7-19(18)15-21)28-26(17-10-11-17)22-8-4-5-9-23(22)27(28)29/h2-9,12-13,16-17,21,26H,10-11,14-15H2,1H3. The first-order valence-corrected chi connectivity index (χ1v) is 11.1. The van der Waals surface area contributed by atoms with Crippen LogP contribution in [-0.2, 0) is 12.8 Å². The number of carbonyl (C=O) groups is 1. The summed E-state index contributed by atoms with van der Waals surface area (Å²) in [7, 11) is 1.66. The van der Waals surface area contributed by atoms with Crippen LogP contribution in [0, 0.1) is 5.92 Å². The maximum absolute atomic E-state index is 13.4. The van der Waals surface area contributed by atoms with Gasteiger partial charge in [0.25, 0.3) is 5.91 Å². The van der Waals surface area contributed by atoms with Crippen LogP contribution in [0.15, 0.2) is 66.7 Å². The lowest BCUT2D eigenvalue weighted by atomic mass is 10.0. The van der Waals surface area contributed by atoms with Crippen molar-refractivity contribution in [3.8, 4) is 11.5 Å². The molecule has 1 fully saturated rings. The fraction of sp³-hybridized carbons (Fsp3) is 0.296. The van der Waals surface area contributed by atoms with Crippen molar-refractivity contribution in [1.82, 2.24) is 0 Å². The molecule has 1 saturated carbocycles. The second-order valence-electron chi connectivity index (χ2n) is 8.80. The third kappa shape index (κ3) is 3.09. The van der Waals surface area contributed by atoms with E-state index in [-0.39, 0.29) is 18.1 Å². The third-order valence-electron chi connectivity index (χ3n) is 6.81. The molecule has 3 aromatic rings. The lowest BCUT2D eigenvalue weighted by molar-refractivity contribution is 0.0989. The Morgan fingerprint density at radius 1 is 0.871 bits per heavy atom.